The van der Waals surface area contributed by atoms with Crippen molar-refractivity contribution in [3.05, 3.63) is 62.8 Å². The van der Waals surface area contributed by atoms with Crippen LogP contribution < -0.4 is 14.8 Å². The van der Waals surface area contributed by atoms with Crippen LogP contribution in [0.25, 0.3) is 0 Å². The molecule has 5 rings (SSSR count). The van der Waals surface area contributed by atoms with Crippen LogP contribution in [0, 0.1) is 5.41 Å². The molecule has 2 heterocycles. The van der Waals surface area contributed by atoms with Gasteiger partial charge in [0.05, 0.1) is 10.0 Å². The number of hydrogen-bond donors (Lipinski definition) is 1. The molecule has 0 fully saturated rings. The standard InChI is InChI=1S/C22H19Cl2NO3/c1-22(2)8-15-20(16(26)9-22)19(11-4-3-5-13(23)21(11)24)12-6-17-18(28-10-27-17)7-14(12)25-15/h3-7,19,25H,8-10H2,1-2H3/t19-/m1/s1. The molecule has 1 N–H and O–H groups in total. The Morgan fingerprint density at radius 3 is 2.61 bits per heavy atom. The Hall–Kier alpha value is -2.17. The molecule has 0 saturated carbocycles. The molecule has 1 atom stereocenters. The van der Waals surface area contributed by atoms with Crippen molar-refractivity contribution in [1.29, 1.82) is 0 Å². The molecule has 0 unspecified atom stereocenters. The predicted molar refractivity (Wildman–Crippen MR) is 110 cm³/mol. The molecular weight excluding hydrogens is 397 g/mol. The molecule has 144 valence electrons. The van der Waals surface area contributed by atoms with Gasteiger partial charge in [-0.3, -0.25) is 4.79 Å². The SMILES string of the molecule is CC1(C)CC(=O)C2=C(C1)Nc1cc3c(cc1[C@H]2c1cccc(Cl)c1Cl)OCO3. The Kier molecular flexibility index (Phi) is 3.94. The van der Waals surface area contributed by atoms with Gasteiger partial charge in [0.15, 0.2) is 17.3 Å². The first-order valence-corrected chi connectivity index (χ1v) is 10.0. The van der Waals surface area contributed by atoms with Crippen LogP contribution in [-0.4, -0.2) is 12.6 Å². The second kappa shape index (κ2) is 6.16. The highest BCUT2D eigenvalue weighted by Gasteiger charge is 2.42. The number of allylic oxidation sites excluding steroid dienone is 2. The van der Waals surface area contributed by atoms with Gasteiger partial charge in [0, 0.05) is 35.4 Å². The Morgan fingerprint density at radius 1 is 1.07 bits per heavy atom. The third-order valence-electron chi connectivity index (χ3n) is 5.64. The van der Waals surface area contributed by atoms with E-state index in [0.29, 0.717) is 28.0 Å². The number of nitrogens with one attached hydrogen (secondary N) is 1. The molecule has 28 heavy (non-hydrogen) atoms. The van der Waals surface area contributed by atoms with E-state index in [1.165, 1.54) is 0 Å². The summed E-state index contributed by atoms with van der Waals surface area (Å²) in [7, 11) is 0. The first kappa shape index (κ1) is 17.9. The fraction of sp³-hybridized carbons (Fsp3) is 0.318. The van der Waals surface area contributed by atoms with Crippen molar-refractivity contribution in [3.63, 3.8) is 0 Å². The van der Waals surface area contributed by atoms with Crippen LogP contribution in [-0.2, 0) is 4.79 Å². The van der Waals surface area contributed by atoms with Gasteiger partial charge in [-0.1, -0.05) is 49.2 Å². The van der Waals surface area contributed by atoms with E-state index >= 15 is 0 Å². The van der Waals surface area contributed by atoms with Crippen LogP contribution in [0.15, 0.2) is 41.6 Å². The summed E-state index contributed by atoms with van der Waals surface area (Å²) >= 11 is 12.9. The molecule has 0 aromatic heterocycles. The van der Waals surface area contributed by atoms with Gasteiger partial charge < -0.3 is 14.8 Å². The van der Waals surface area contributed by atoms with Crippen molar-refractivity contribution in [2.45, 2.75) is 32.6 Å². The zero-order valence-corrected chi connectivity index (χ0v) is 17.1. The van der Waals surface area contributed by atoms with Gasteiger partial charge in [0.1, 0.15) is 0 Å². The molecule has 2 aromatic rings. The summed E-state index contributed by atoms with van der Waals surface area (Å²) in [6.07, 6.45) is 1.29. The number of anilines is 1. The Bertz CT molecular complexity index is 1060. The third kappa shape index (κ3) is 2.70. The van der Waals surface area contributed by atoms with Gasteiger partial charge in [-0.25, -0.2) is 0 Å². The highest BCUT2D eigenvalue weighted by Crippen LogP contribution is 2.53. The predicted octanol–water partition coefficient (Wildman–Crippen LogP) is 5.92. The molecule has 3 aliphatic rings. The summed E-state index contributed by atoms with van der Waals surface area (Å²) in [6.45, 7) is 4.43. The smallest absolute Gasteiger partial charge is 0.231 e. The van der Waals surface area contributed by atoms with Crippen LogP contribution in [0.2, 0.25) is 10.0 Å². The van der Waals surface area contributed by atoms with E-state index in [-0.39, 0.29) is 23.9 Å². The number of halogens is 2. The topological polar surface area (TPSA) is 47.6 Å². The molecule has 2 aromatic carbocycles. The van der Waals surface area contributed by atoms with Crippen LogP contribution in [0.5, 0.6) is 11.5 Å². The minimum absolute atomic E-state index is 0.0978. The highest BCUT2D eigenvalue weighted by atomic mass is 35.5. The monoisotopic (exact) mass is 415 g/mol. The number of fused-ring (bicyclic) bond motifs is 2. The number of benzene rings is 2. The molecule has 0 amide bonds. The quantitative estimate of drug-likeness (QED) is 0.627. The number of carbonyl (C=O) groups is 1. The second-order valence-corrected chi connectivity index (χ2v) is 9.11. The third-order valence-corrected chi connectivity index (χ3v) is 6.48. The number of rotatable bonds is 1. The van der Waals surface area contributed by atoms with Crippen LogP contribution >= 0.6 is 23.2 Å². The van der Waals surface area contributed by atoms with Gasteiger partial charge >= 0.3 is 0 Å². The summed E-state index contributed by atoms with van der Waals surface area (Å²) in [6, 6.07) is 9.46. The van der Waals surface area contributed by atoms with E-state index in [2.05, 4.69) is 19.2 Å². The van der Waals surface area contributed by atoms with Gasteiger partial charge in [0.25, 0.3) is 0 Å². The van der Waals surface area contributed by atoms with E-state index < -0.39 is 0 Å². The lowest BCUT2D eigenvalue weighted by Crippen LogP contribution is -2.33. The molecule has 0 saturated heterocycles. The number of ketones is 1. The Balaban J connectivity index is 1.77. The van der Waals surface area contributed by atoms with Crippen LogP contribution in [0.1, 0.15) is 43.7 Å². The molecule has 0 bridgehead atoms. The maximum absolute atomic E-state index is 13.2. The largest absolute Gasteiger partial charge is 0.454 e. The molecule has 0 radical (unpaired) electrons. The fourth-order valence-electron chi connectivity index (χ4n) is 4.47. The van der Waals surface area contributed by atoms with E-state index in [1.807, 2.05) is 24.3 Å². The first-order chi connectivity index (χ1) is 13.3. The van der Waals surface area contributed by atoms with E-state index in [4.69, 9.17) is 32.7 Å². The van der Waals surface area contributed by atoms with E-state index in [0.717, 1.165) is 34.5 Å². The summed E-state index contributed by atoms with van der Waals surface area (Å²) in [5.74, 6) is 1.22. The summed E-state index contributed by atoms with van der Waals surface area (Å²) < 4.78 is 11.1. The van der Waals surface area contributed by atoms with E-state index in [1.54, 1.807) is 6.07 Å². The number of hydrogen-bond acceptors (Lipinski definition) is 4. The lowest BCUT2D eigenvalue weighted by atomic mass is 9.68. The molecule has 2 aliphatic heterocycles. The summed E-state index contributed by atoms with van der Waals surface area (Å²) in [5.41, 5.74) is 4.31. The fourth-order valence-corrected chi connectivity index (χ4v) is 4.89. The van der Waals surface area contributed by atoms with Gasteiger partial charge in [-0.05, 0) is 35.1 Å². The first-order valence-electron chi connectivity index (χ1n) is 9.25. The molecule has 4 nitrogen and oxygen atoms in total. The highest BCUT2D eigenvalue weighted by molar-refractivity contribution is 6.42. The molecule has 6 heteroatoms. The van der Waals surface area contributed by atoms with E-state index in [9.17, 15) is 4.79 Å². The van der Waals surface area contributed by atoms with Crippen molar-refractivity contribution in [2.75, 3.05) is 12.1 Å². The zero-order valence-electron chi connectivity index (χ0n) is 15.6. The van der Waals surface area contributed by atoms with Crippen molar-refractivity contribution < 1.29 is 14.3 Å². The molecule has 0 spiro atoms. The number of carbonyl (C=O) groups excluding carboxylic acids is 1. The lowest BCUT2D eigenvalue weighted by Gasteiger charge is -2.39. The average molecular weight is 416 g/mol. The number of Topliss-reactive ketones (excluding diaryl/α,β-unsaturated/α-hetero) is 1. The second-order valence-electron chi connectivity index (χ2n) is 8.33. The van der Waals surface area contributed by atoms with Crippen molar-refractivity contribution in [3.8, 4) is 11.5 Å². The molecular formula is C22H19Cl2NO3. The van der Waals surface area contributed by atoms with Crippen LogP contribution in [0.3, 0.4) is 0 Å². The van der Waals surface area contributed by atoms with Gasteiger partial charge in [-0.15, -0.1) is 0 Å². The minimum atomic E-state index is -0.296. The zero-order chi connectivity index (χ0) is 19.6. The summed E-state index contributed by atoms with van der Waals surface area (Å²) in [4.78, 5) is 13.2. The average Bonchev–Trinajstić information content (AvgIpc) is 3.07. The Labute approximate surface area is 173 Å². The van der Waals surface area contributed by atoms with Gasteiger partial charge in [-0.2, -0.15) is 0 Å². The maximum Gasteiger partial charge on any atom is 0.231 e. The summed E-state index contributed by atoms with van der Waals surface area (Å²) in [5, 5.41) is 4.45. The minimum Gasteiger partial charge on any atom is -0.454 e. The van der Waals surface area contributed by atoms with Crippen LogP contribution in [0.4, 0.5) is 5.69 Å². The van der Waals surface area contributed by atoms with Crippen molar-refractivity contribution >= 4 is 34.7 Å². The Morgan fingerprint density at radius 2 is 1.82 bits per heavy atom. The lowest BCUT2D eigenvalue weighted by molar-refractivity contribution is -0.118. The normalized spacial score (nSPS) is 21.9. The maximum atomic E-state index is 13.2. The van der Waals surface area contributed by atoms with Gasteiger partial charge in [0.2, 0.25) is 6.79 Å². The number of ether oxygens (including phenoxy) is 2. The van der Waals surface area contributed by atoms with Crippen molar-refractivity contribution in [1.82, 2.24) is 0 Å². The molecule has 1 aliphatic carbocycles. The van der Waals surface area contributed by atoms with Crippen molar-refractivity contribution in [2.24, 2.45) is 5.41 Å².